The van der Waals surface area contributed by atoms with Crippen LogP contribution in [0.3, 0.4) is 0 Å². The van der Waals surface area contributed by atoms with Gasteiger partial charge in [0.2, 0.25) is 5.04 Å². The van der Waals surface area contributed by atoms with Crippen LogP contribution in [-0.2, 0) is 16.4 Å². The number of hydrazone groups is 1. The maximum atomic E-state index is 13.4. The molecule has 0 saturated heterocycles. The van der Waals surface area contributed by atoms with Gasteiger partial charge in [-0.3, -0.25) is 10.4 Å². The number of anilines is 1. The van der Waals surface area contributed by atoms with E-state index in [1.807, 2.05) is 0 Å². The second-order valence-corrected chi connectivity index (χ2v) is 9.10. The summed E-state index contributed by atoms with van der Waals surface area (Å²) in [6.45, 7) is 3.92. The minimum Gasteiger partial charge on any atom is -0.348 e. The Morgan fingerprint density at radius 3 is 2.48 bits per heavy atom. The standard InChI is InChI=1S/C19H19ClF3N5O2S/c1-12-4-3-5-13(2)16(12)26-27-18(31(29,30)19(21,22)23)17-24-8-9-28(17)11-14-6-7-15(20)25-10-14/h3-7,10,26H,8-9,11H2,1-2H3/b27-18+. The van der Waals surface area contributed by atoms with Gasteiger partial charge < -0.3 is 4.90 Å². The summed E-state index contributed by atoms with van der Waals surface area (Å²) in [7, 11) is -5.77. The van der Waals surface area contributed by atoms with E-state index in [2.05, 4.69) is 20.5 Å². The van der Waals surface area contributed by atoms with Crippen LogP contribution in [0.5, 0.6) is 0 Å². The topological polar surface area (TPSA) is 87.0 Å². The zero-order valence-electron chi connectivity index (χ0n) is 16.6. The van der Waals surface area contributed by atoms with Crippen molar-refractivity contribution in [3.8, 4) is 0 Å². The molecule has 0 fully saturated rings. The van der Waals surface area contributed by atoms with Crippen LogP contribution in [0.4, 0.5) is 18.9 Å². The molecule has 31 heavy (non-hydrogen) atoms. The number of rotatable bonds is 5. The van der Waals surface area contributed by atoms with Crippen LogP contribution < -0.4 is 5.43 Å². The van der Waals surface area contributed by atoms with E-state index in [9.17, 15) is 21.6 Å². The van der Waals surface area contributed by atoms with Crippen molar-refractivity contribution in [2.75, 3.05) is 18.5 Å². The SMILES string of the molecule is Cc1cccc(C)c1N/N=C(\C1=NCCN1Cc1ccc(Cl)nc1)S(=O)(=O)C(F)(F)F. The van der Waals surface area contributed by atoms with Gasteiger partial charge in [-0.05, 0) is 36.6 Å². The number of aromatic nitrogens is 1. The van der Waals surface area contributed by atoms with Crippen LogP contribution in [0, 0.1) is 13.8 Å². The molecular weight excluding hydrogens is 455 g/mol. The molecule has 0 aliphatic carbocycles. The number of halogens is 4. The third-order valence-electron chi connectivity index (χ3n) is 4.59. The van der Waals surface area contributed by atoms with Crippen LogP contribution in [0.1, 0.15) is 16.7 Å². The van der Waals surface area contributed by atoms with Crippen molar-refractivity contribution in [1.29, 1.82) is 0 Å². The zero-order valence-corrected chi connectivity index (χ0v) is 18.2. The van der Waals surface area contributed by atoms with E-state index in [4.69, 9.17) is 11.6 Å². The van der Waals surface area contributed by atoms with E-state index >= 15 is 0 Å². The number of hydrogen-bond donors (Lipinski definition) is 1. The molecule has 3 rings (SSSR count). The fraction of sp³-hybridized carbons (Fsp3) is 0.316. The molecular formula is C19H19ClF3N5O2S. The highest BCUT2D eigenvalue weighted by atomic mass is 35.5. The molecule has 1 N–H and O–H groups in total. The Hall–Kier alpha value is -2.66. The lowest BCUT2D eigenvalue weighted by Crippen LogP contribution is -2.42. The Morgan fingerprint density at radius 2 is 1.90 bits per heavy atom. The molecule has 0 spiro atoms. The summed E-state index contributed by atoms with van der Waals surface area (Å²) in [5.41, 5.74) is -0.586. The normalized spacial score (nSPS) is 15.2. The number of aryl methyl sites for hydroxylation is 2. The lowest BCUT2D eigenvalue weighted by Gasteiger charge is -2.22. The highest BCUT2D eigenvalue weighted by Gasteiger charge is 2.52. The Morgan fingerprint density at radius 1 is 1.23 bits per heavy atom. The average Bonchev–Trinajstić information content (AvgIpc) is 3.12. The van der Waals surface area contributed by atoms with Crippen molar-refractivity contribution in [2.24, 2.45) is 10.1 Å². The quantitative estimate of drug-likeness (QED) is 0.308. The first-order chi connectivity index (χ1) is 14.5. The minimum atomic E-state index is -5.77. The summed E-state index contributed by atoms with van der Waals surface area (Å²) in [5.74, 6) is -0.356. The van der Waals surface area contributed by atoms with Gasteiger partial charge >= 0.3 is 5.51 Å². The number of sulfone groups is 1. The smallest absolute Gasteiger partial charge is 0.348 e. The third-order valence-corrected chi connectivity index (χ3v) is 6.21. The van der Waals surface area contributed by atoms with Gasteiger partial charge in [0.05, 0.1) is 12.2 Å². The predicted octanol–water partition coefficient (Wildman–Crippen LogP) is 3.93. The van der Waals surface area contributed by atoms with Gasteiger partial charge in [0.25, 0.3) is 9.84 Å². The summed E-state index contributed by atoms with van der Waals surface area (Å²) in [4.78, 5) is 9.36. The number of aliphatic imine (C=N–C) groups is 1. The van der Waals surface area contributed by atoms with Crippen molar-refractivity contribution in [2.45, 2.75) is 25.9 Å². The Kier molecular flexibility index (Phi) is 6.56. The molecule has 0 atom stereocenters. The molecule has 2 heterocycles. The maximum absolute atomic E-state index is 13.4. The van der Waals surface area contributed by atoms with Crippen molar-refractivity contribution >= 4 is 38.0 Å². The number of para-hydroxylation sites is 1. The molecule has 166 valence electrons. The molecule has 1 aromatic heterocycles. The minimum absolute atomic E-state index is 0.0960. The molecule has 1 aliphatic rings. The highest BCUT2D eigenvalue weighted by molar-refractivity contribution is 8.09. The molecule has 0 unspecified atom stereocenters. The van der Waals surface area contributed by atoms with E-state index in [-0.39, 0.29) is 30.6 Å². The van der Waals surface area contributed by atoms with E-state index in [1.165, 1.54) is 17.2 Å². The van der Waals surface area contributed by atoms with Crippen LogP contribution >= 0.6 is 11.6 Å². The molecule has 1 aromatic carbocycles. The van der Waals surface area contributed by atoms with E-state index in [0.29, 0.717) is 22.4 Å². The third kappa shape index (κ3) is 4.99. The first kappa shape index (κ1) is 23.0. The fourth-order valence-electron chi connectivity index (χ4n) is 3.00. The van der Waals surface area contributed by atoms with Gasteiger partial charge in [-0.2, -0.15) is 18.3 Å². The molecule has 0 saturated carbocycles. The maximum Gasteiger partial charge on any atom is 0.503 e. The lowest BCUT2D eigenvalue weighted by molar-refractivity contribution is -0.0417. The monoisotopic (exact) mass is 473 g/mol. The van der Waals surface area contributed by atoms with Crippen molar-refractivity contribution < 1.29 is 21.6 Å². The summed E-state index contributed by atoms with van der Waals surface area (Å²) >= 11 is 5.76. The summed E-state index contributed by atoms with van der Waals surface area (Å²) < 4.78 is 65.0. The van der Waals surface area contributed by atoms with Gasteiger partial charge in [0.1, 0.15) is 5.15 Å². The van der Waals surface area contributed by atoms with E-state index < -0.39 is 20.4 Å². The fourth-order valence-corrected chi connectivity index (χ4v) is 3.93. The van der Waals surface area contributed by atoms with Gasteiger partial charge in [0, 0.05) is 19.3 Å². The van der Waals surface area contributed by atoms with E-state index in [1.54, 1.807) is 38.1 Å². The van der Waals surface area contributed by atoms with Crippen LogP contribution in [0.25, 0.3) is 0 Å². The van der Waals surface area contributed by atoms with Gasteiger partial charge in [0.15, 0.2) is 5.84 Å². The van der Waals surface area contributed by atoms with Gasteiger partial charge in [-0.15, -0.1) is 0 Å². The number of benzene rings is 1. The zero-order chi connectivity index (χ0) is 22.8. The van der Waals surface area contributed by atoms with Crippen molar-refractivity contribution in [1.82, 2.24) is 9.88 Å². The van der Waals surface area contributed by atoms with Crippen molar-refractivity contribution in [3.05, 3.63) is 58.4 Å². The predicted molar refractivity (Wildman–Crippen MR) is 114 cm³/mol. The lowest BCUT2D eigenvalue weighted by atomic mass is 10.1. The number of pyridine rings is 1. The molecule has 0 radical (unpaired) electrons. The van der Waals surface area contributed by atoms with E-state index in [0.717, 1.165) is 0 Å². The number of amidine groups is 1. The largest absolute Gasteiger partial charge is 0.503 e. The number of nitrogens with zero attached hydrogens (tertiary/aromatic N) is 4. The summed E-state index contributed by atoms with van der Waals surface area (Å²) in [6, 6.07) is 8.42. The Labute approximate surface area is 182 Å². The second-order valence-electron chi connectivity index (χ2n) is 6.86. The highest BCUT2D eigenvalue weighted by Crippen LogP contribution is 2.28. The van der Waals surface area contributed by atoms with Crippen LogP contribution in [-0.4, -0.2) is 47.8 Å². The number of alkyl halides is 3. The number of hydrogen-bond acceptors (Lipinski definition) is 7. The first-order valence-electron chi connectivity index (χ1n) is 9.12. The molecule has 0 bridgehead atoms. The molecule has 12 heteroatoms. The average molecular weight is 474 g/mol. The van der Waals surface area contributed by atoms with Crippen LogP contribution in [0.2, 0.25) is 5.15 Å². The first-order valence-corrected chi connectivity index (χ1v) is 11.0. The molecule has 0 amide bonds. The van der Waals surface area contributed by atoms with Gasteiger partial charge in [-0.1, -0.05) is 35.9 Å². The molecule has 2 aromatic rings. The second kappa shape index (κ2) is 8.83. The number of nitrogens with one attached hydrogen (secondary N) is 1. The van der Waals surface area contributed by atoms with Gasteiger partial charge in [-0.25, -0.2) is 13.4 Å². The molecule has 7 nitrogen and oxygen atoms in total. The summed E-state index contributed by atoms with van der Waals surface area (Å²) in [6.07, 6.45) is 1.46. The summed E-state index contributed by atoms with van der Waals surface area (Å²) in [5, 5.41) is 2.78. The van der Waals surface area contributed by atoms with Crippen molar-refractivity contribution in [3.63, 3.8) is 0 Å². The van der Waals surface area contributed by atoms with Crippen LogP contribution in [0.15, 0.2) is 46.6 Å². The Balaban J connectivity index is 2.00. The Bertz CT molecular complexity index is 1110. The molecule has 1 aliphatic heterocycles.